The van der Waals surface area contributed by atoms with E-state index in [1.165, 1.54) is 25.7 Å². The summed E-state index contributed by atoms with van der Waals surface area (Å²) in [6, 6.07) is 0.531. The first-order valence-electron chi connectivity index (χ1n) is 9.84. The van der Waals surface area contributed by atoms with E-state index in [-0.39, 0.29) is 18.3 Å². The summed E-state index contributed by atoms with van der Waals surface area (Å²) in [5.41, 5.74) is 0. The molecule has 146 valence electrons. The summed E-state index contributed by atoms with van der Waals surface area (Å²) in [5, 5.41) is 7.51. The Hall–Kier alpha value is -1.18. The van der Waals surface area contributed by atoms with Gasteiger partial charge in [-0.05, 0) is 19.3 Å². The highest BCUT2D eigenvalue weighted by atomic mass is 35.5. The van der Waals surface area contributed by atoms with Crippen LogP contribution in [0.1, 0.15) is 56.2 Å². The summed E-state index contributed by atoms with van der Waals surface area (Å²) in [5.74, 6) is 2.15. The van der Waals surface area contributed by atoms with Gasteiger partial charge in [-0.1, -0.05) is 18.0 Å². The van der Waals surface area contributed by atoms with E-state index in [1.807, 2.05) is 4.90 Å². The first-order chi connectivity index (χ1) is 12.3. The van der Waals surface area contributed by atoms with Crippen LogP contribution in [0.15, 0.2) is 4.52 Å². The number of likely N-dealkylation sites (tertiary alicyclic amines) is 1. The van der Waals surface area contributed by atoms with Gasteiger partial charge in [0, 0.05) is 64.1 Å². The monoisotopic (exact) mass is 383 g/mol. The van der Waals surface area contributed by atoms with Crippen LogP contribution in [0.3, 0.4) is 0 Å². The van der Waals surface area contributed by atoms with Gasteiger partial charge >= 0.3 is 0 Å². The van der Waals surface area contributed by atoms with Crippen molar-refractivity contribution in [3.05, 3.63) is 11.7 Å². The Bertz CT molecular complexity index is 584. The van der Waals surface area contributed by atoms with Crippen molar-refractivity contribution in [3.8, 4) is 0 Å². The SMILES string of the molecule is Cl.O=C(CCc1nc(C2CCCC2)no1)N1CCC(N2CCNCC2)C1. The number of rotatable bonds is 5. The Kier molecular flexibility index (Phi) is 6.89. The van der Waals surface area contributed by atoms with E-state index in [2.05, 4.69) is 20.4 Å². The molecule has 0 bridgehead atoms. The molecule has 8 heteroatoms. The molecule has 1 atom stereocenters. The zero-order valence-corrected chi connectivity index (χ0v) is 16.2. The second kappa shape index (κ2) is 9.15. The normalized spacial score (nSPS) is 24.8. The number of hydrogen-bond acceptors (Lipinski definition) is 6. The van der Waals surface area contributed by atoms with E-state index in [0.29, 0.717) is 30.7 Å². The second-order valence-electron chi connectivity index (χ2n) is 7.60. The minimum atomic E-state index is 0. The topological polar surface area (TPSA) is 74.5 Å². The molecule has 4 rings (SSSR count). The van der Waals surface area contributed by atoms with Crippen LogP contribution in [0.25, 0.3) is 0 Å². The summed E-state index contributed by atoms with van der Waals surface area (Å²) in [6.45, 7) is 6.06. The number of aromatic nitrogens is 2. The Morgan fingerprint density at radius 3 is 2.69 bits per heavy atom. The molecule has 3 fully saturated rings. The Balaban J connectivity index is 0.00000196. The number of nitrogens with one attached hydrogen (secondary N) is 1. The number of halogens is 1. The lowest BCUT2D eigenvalue weighted by Gasteiger charge is -2.32. The van der Waals surface area contributed by atoms with Gasteiger partial charge in [0.25, 0.3) is 0 Å². The van der Waals surface area contributed by atoms with Gasteiger partial charge < -0.3 is 14.7 Å². The molecule has 1 aromatic rings. The number of amides is 1. The molecular formula is C18H30ClN5O2. The number of carbonyl (C=O) groups is 1. The van der Waals surface area contributed by atoms with Crippen LogP contribution in [-0.4, -0.2) is 71.2 Å². The fourth-order valence-corrected chi connectivity index (χ4v) is 4.41. The number of nitrogens with zero attached hydrogens (tertiary/aromatic N) is 4. The molecule has 1 N–H and O–H groups in total. The van der Waals surface area contributed by atoms with Crippen LogP contribution in [0.2, 0.25) is 0 Å². The van der Waals surface area contributed by atoms with E-state index in [9.17, 15) is 4.79 Å². The highest BCUT2D eigenvalue weighted by Gasteiger charge is 2.31. The second-order valence-corrected chi connectivity index (χ2v) is 7.60. The van der Waals surface area contributed by atoms with Crippen molar-refractivity contribution in [1.29, 1.82) is 0 Å². The first kappa shape index (κ1) is 19.6. The van der Waals surface area contributed by atoms with Gasteiger partial charge in [-0.25, -0.2) is 0 Å². The van der Waals surface area contributed by atoms with Gasteiger partial charge in [-0.15, -0.1) is 12.4 Å². The van der Waals surface area contributed by atoms with Gasteiger partial charge in [0.05, 0.1) is 0 Å². The molecule has 26 heavy (non-hydrogen) atoms. The molecule has 1 saturated carbocycles. The van der Waals surface area contributed by atoms with Crippen LogP contribution in [0.5, 0.6) is 0 Å². The van der Waals surface area contributed by atoms with Crippen LogP contribution in [0, 0.1) is 0 Å². The minimum absolute atomic E-state index is 0. The number of carbonyl (C=O) groups excluding carboxylic acids is 1. The molecule has 1 amide bonds. The predicted molar refractivity (Wildman–Crippen MR) is 101 cm³/mol. The average molecular weight is 384 g/mol. The largest absolute Gasteiger partial charge is 0.341 e. The third-order valence-corrected chi connectivity index (χ3v) is 5.94. The maximum atomic E-state index is 12.5. The molecular weight excluding hydrogens is 354 g/mol. The minimum Gasteiger partial charge on any atom is -0.341 e. The molecule has 2 aliphatic heterocycles. The number of hydrogen-bond donors (Lipinski definition) is 1. The molecule has 3 aliphatic rings. The lowest BCUT2D eigenvalue weighted by molar-refractivity contribution is -0.130. The third kappa shape index (κ3) is 4.56. The van der Waals surface area contributed by atoms with Crippen molar-refractivity contribution in [2.75, 3.05) is 39.3 Å². The predicted octanol–water partition coefficient (Wildman–Crippen LogP) is 1.59. The van der Waals surface area contributed by atoms with Gasteiger partial charge in [0.2, 0.25) is 11.8 Å². The van der Waals surface area contributed by atoms with E-state index >= 15 is 0 Å². The molecule has 1 aliphatic carbocycles. The molecule has 1 unspecified atom stereocenters. The van der Waals surface area contributed by atoms with E-state index in [1.54, 1.807) is 0 Å². The van der Waals surface area contributed by atoms with Crippen LogP contribution >= 0.6 is 12.4 Å². The molecule has 0 radical (unpaired) electrons. The smallest absolute Gasteiger partial charge is 0.227 e. The van der Waals surface area contributed by atoms with Gasteiger partial charge in [0.15, 0.2) is 5.82 Å². The first-order valence-corrected chi connectivity index (χ1v) is 9.84. The lowest BCUT2D eigenvalue weighted by atomic mass is 10.1. The van der Waals surface area contributed by atoms with E-state index in [0.717, 1.165) is 51.5 Å². The highest BCUT2D eigenvalue weighted by Crippen LogP contribution is 2.32. The van der Waals surface area contributed by atoms with Crippen LogP contribution in [-0.2, 0) is 11.2 Å². The Labute approximate surface area is 161 Å². The van der Waals surface area contributed by atoms with Crippen molar-refractivity contribution < 1.29 is 9.32 Å². The van der Waals surface area contributed by atoms with Gasteiger partial charge in [0.1, 0.15) is 0 Å². The van der Waals surface area contributed by atoms with Crippen LogP contribution < -0.4 is 5.32 Å². The Morgan fingerprint density at radius 2 is 1.92 bits per heavy atom. The molecule has 0 aromatic carbocycles. The molecule has 1 aromatic heterocycles. The summed E-state index contributed by atoms with van der Waals surface area (Å²) in [4.78, 5) is 21.6. The van der Waals surface area contributed by atoms with Gasteiger partial charge in [-0.3, -0.25) is 9.69 Å². The molecule has 0 spiro atoms. The standard InChI is InChI=1S/C18H29N5O2.ClH/c24-17(23-10-7-15(13-23)22-11-8-19-9-12-22)6-5-16-20-18(21-25-16)14-3-1-2-4-14;/h14-15,19H,1-13H2;1H. The fourth-order valence-electron chi connectivity index (χ4n) is 4.41. The summed E-state index contributed by atoms with van der Waals surface area (Å²) in [7, 11) is 0. The Morgan fingerprint density at radius 1 is 1.15 bits per heavy atom. The summed E-state index contributed by atoms with van der Waals surface area (Å²) >= 11 is 0. The molecule has 7 nitrogen and oxygen atoms in total. The van der Waals surface area contributed by atoms with Crippen molar-refractivity contribution >= 4 is 18.3 Å². The van der Waals surface area contributed by atoms with Crippen molar-refractivity contribution in [2.24, 2.45) is 0 Å². The molecule has 3 heterocycles. The van der Waals surface area contributed by atoms with E-state index < -0.39 is 0 Å². The maximum absolute atomic E-state index is 12.5. The van der Waals surface area contributed by atoms with Crippen molar-refractivity contribution in [1.82, 2.24) is 25.3 Å². The zero-order chi connectivity index (χ0) is 17.1. The summed E-state index contributed by atoms with van der Waals surface area (Å²) < 4.78 is 5.36. The number of aryl methyl sites for hydroxylation is 1. The quantitative estimate of drug-likeness (QED) is 0.832. The van der Waals surface area contributed by atoms with Crippen LogP contribution in [0.4, 0.5) is 0 Å². The third-order valence-electron chi connectivity index (χ3n) is 5.94. The molecule has 2 saturated heterocycles. The van der Waals surface area contributed by atoms with Gasteiger partial charge in [-0.2, -0.15) is 4.98 Å². The average Bonchev–Trinajstić information content (AvgIpc) is 3.41. The zero-order valence-electron chi connectivity index (χ0n) is 15.4. The highest BCUT2D eigenvalue weighted by molar-refractivity contribution is 5.85. The lowest BCUT2D eigenvalue weighted by Crippen LogP contribution is -2.49. The van der Waals surface area contributed by atoms with Crippen molar-refractivity contribution in [2.45, 2.75) is 56.9 Å². The van der Waals surface area contributed by atoms with E-state index in [4.69, 9.17) is 4.52 Å². The van der Waals surface area contributed by atoms with Crippen molar-refractivity contribution in [3.63, 3.8) is 0 Å². The maximum Gasteiger partial charge on any atom is 0.227 e. The fraction of sp³-hybridized carbons (Fsp3) is 0.833. The summed E-state index contributed by atoms with van der Waals surface area (Å²) in [6.07, 6.45) is 6.98. The number of piperazine rings is 1.